The number of rotatable bonds is 10. The largest absolute Gasteiger partial charge is 0.383 e. The van der Waals surface area contributed by atoms with E-state index in [4.69, 9.17) is 4.74 Å². The van der Waals surface area contributed by atoms with Crippen LogP contribution >= 0.6 is 0 Å². The van der Waals surface area contributed by atoms with Gasteiger partial charge in [0.2, 0.25) is 0 Å². The van der Waals surface area contributed by atoms with E-state index in [2.05, 4.69) is 28.6 Å². The monoisotopic (exact) mass is 332 g/mol. The second-order valence-electron chi connectivity index (χ2n) is 5.81. The highest BCUT2D eigenvalue weighted by atomic mass is 16.5. The zero-order valence-corrected chi connectivity index (χ0v) is 14.9. The second-order valence-corrected chi connectivity index (χ2v) is 5.81. The number of ether oxygens (including phenoxy) is 1. The van der Waals surface area contributed by atoms with Crippen LogP contribution in [-0.4, -0.2) is 65.6 Å². The summed E-state index contributed by atoms with van der Waals surface area (Å²) in [6.07, 6.45) is 1.75. The highest BCUT2D eigenvalue weighted by Gasteiger charge is 2.10. The number of hydrogen-bond donors (Lipinski definition) is 0. The first-order chi connectivity index (χ1) is 11.7. The Labute approximate surface area is 143 Å². The summed E-state index contributed by atoms with van der Waals surface area (Å²) in [5.41, 5.74) is 1.46. The predicted molar refractivity (Wildman–Crippen MR) is 96.4 cm³/mol. The lowest BCUT2D eigenvalue weighted by molar-refractivity contribution is 0.133. The molecule has 0 fully saturated rings. The summed E-state index contributed by atoms with van der Waals surface area (Å²) < 4.78 is 6.79. The van der Waals surface area contributed by atoms with E-state index in [9.17, 15) is 4.79 Å². The van der Waals surface area contributed by atoms with Crippen LogP contribution in [-0.2, 0) is 11.3 Å². The lowest BCUT2D eigenvalue weighted by atomic mass is 10.3. The summed E-state index contributed by atoms with van der Waals surface area (Å²) in [5, 5.41) is 0. The van der Waals surface area contributed by atoms with Gasteiger partial charge in [-0.2, -0.15) is 0 Å². The first-order valence-corrected chi connectivity index (χ1v) is 8.58. The van der Waals surface area contributed by atoms with Crippen molar-refractivity contribution in [2.24, 2.45) is 0 Å². The van der Waals surface area contributed by atoms with E-state index < -0.39 is 0 Å². The highest BCUT2D eigenvalue weighted by molar-refractivity contribution is 5.37. The van der Waals surface area contributed by atoms with Gasteiger partial charge in [-0.15, -0.1) is 0 Å². The summed E-state index contributed by atoms with van der Waals surface area (Å²) in [6.45, 7) is 10.5. The molecule has 0 aromatic carbocycles. The molecule has 2 rings (SSSR count). The summed E-state index contributed by atoms with van der Waals surface area (Å²) in [4.78, 5) is 21.5. The molecule has 0 aliphatic heterocycles. The van der Waals surface area contributed by atoms with Crippen LogP contribution in [0.5, 0.6) is 0 Å². The standard InChI is InChI=1S/C18H28N4O2/c1-4-20(5-2)10-11-21(12-13-24-3)15-16-14-18(23)22-9-7-6-8-17(22)19-16/h6-9,14H,4-5,10-13,15H2,1-3H3. The summed E-state index contributed by atoms with van der Waals surface area (Å²) >= 11 is 0. The Kier molecular flexibility index (Phi) is 7.36. The third-order valence-electron chi connectivity index (χ3n) is 4.25. The number of hydrogen-bond acceptors (Lipinski definition) is 5. The van der Waals surface area contributed by atoms with E-state index in [0.717, 1.165) is 38.4 Å². The molecule has 24 heavy (non-hydrogen) atoms. The van der Waals surface area contributed by atoms with E-state index in [1.807, 2.05) is 18.2 Å². The van der Waals surface area contributed by atoms with Gasteiger partial charge in [-0.3, -0.25) is 14.1 Å². The zero-order valence-electron chi connectivity index (χ0n) is 14.9. The van der Waals surface area contributed by atoms with Gasteiger partial charge in [0, 0.05) is 45.6 Å². The Morgan fingerprint density at radius 2 is 1.88 bits per heavy atom. The molecule has 132 valence electrons. The number of nitrogens with zero attached hydrogens (tertiary/aromatic N) is 4. The number of likely N-dealkylation sites (N-methyl/N-ethyl adjacent to an activating group) is 1. The van der Waals surface area contributed by atoms with Crippen molar-refractivity contribution in [3.63, 3.8) is 0 Å². The van der Waals surface area contributed by atoms with Crippen LogP contribution in [0.1, 0.15) is 19.5 Å². The molecule has 0 amide bonds. The first kappa shape index (κ1) is 18.6. The molecule has 2 heterocycles. The Morgan fingerprint density at radius 1 is 1.12 bits per heavy atom. The van der Waals surface area contributed by atoms with Gasteiger partial charge in [-0.05, 0) is 25.2 Å². The maximum Gasteiger partial charge on any atom is 0.258 e. The molecule has 0 saturated carbocycles. The Morgan fingerprint density at radius 3 is 2.58 bits per heavy atom. The van der Waals surface area contributed by atoms with E-state index in [0.29, 0.717) is 18.8 Å². The van der Waals surface area contributed by atoms with E-state index in [1.165, 1.54) is 0 Å². The van der Waals surface area contributed by atoms with E-state index in [-0.39, 0.29) is 5.56 Å². The molecular weight excluding hydrogens is 304 g/mol. The van der Waals surface area contributed by atoms with Gasteiger partial charge in [-0.1, -0.05) is 19.9 Å². The van der Waals surface area contributed by atoms with Crippen molar-refractivity contribution in [2.75, 3.05) is 46.4 Å². The fourth-order valence-corrected chi connectivity index (χ4v) is 2.73. The van der Waals surface area contributed by atoms with Gasteiger partial charge in [0.1, 0.15) is 5.65 Å². The minimum Gasteiger partial charge on any atom is -0.383 e. The molecule has 0 unspecified atom stereocenters. The van der Waals surface area contributed by atoms with Crippen molar-refractivity contribution in [3.8, 4) is 0 Å². The summed E-state index contributed by atoms with van der Waals surface area (Å²) in [7, 11) is 1.71. The molecule has 0 N–H and O–H groups in total. The van der Waals surface area contributed by atoms with Gasteiger partial charge < -0.3 is 9.64 Å². The second kappa shape index (κ2) is 9.52. The third kappa shape index (κ3) is 5.12. The van der Waals surface area contributed by atoms with Crippen LogP contribution in [0, 0.1) is 0 Å². The van der Waals surface area contributed by atoms with Gasteiger partial charge >= 0.3 is 0 Å². The Hall–Kier alpha value is -1.76. The average molecular weight is 332 g/mol. The lowest BCUT2D eigenvalue weighted by Crippen LogP contribution is -2.36. The molecule has 0 spiro atoms. The molecule has 0 aliphatic carbocycles. The van der Waals surface area contributed by atoms with Crippen molar-refractivity contribution < 1.29 is 4.74 Å². The molecular formula is C18H28N4O2. The fraction of sp³-hybridized carbons (Fsp3) is 0.556. The molecule has 2 aromatic rings. The molecule has 0 saturated heterocycles. The van der Waals surface area contributed by atoms with Crippen molar-refractivity contribution >= 4 is 5.65 Å². The number of aromatic nitrogens is 2. The van der Waals surface area contributed by atoms with Crippen molar-refractivity contribution in [2.45, 2.75) is 20.4 Å². The normalized spacial score (nSPS) is 11.7. The van der Waals surface area contributed by atoms with Crippen molar-refractivity contribution in [1.29, 1.82) is 0 Å². The SMILES string of the molecule is CCN(CC)CCN(CCOC)Cc1cc(=O)n2ccccc2n1. The average Bonchev–Trinajstić information content (AvgIpc) is 2.60. The van der Waals surface area contributed by atoms with Gasteiger partial charge in [0.15, 0.2) is 0 Å². The van der Waals surface area contributed by atoms with Crippen LogP contribution in [0.2, 0.25) is 0 Å². The highest BCUT2D eigenvalue weighted by Crippen LogP contribution is 2.04. The molecule has 6 nitrogen and oxygen atoms in total. The maximum atomic E-state index is 12.2. The Balaban J connectivity index is 2.11. The fourth-order valence-electron chi connectivity index (χ4n) is 2.73. The zero-order chi connectivity index (χ0) is 17.4. The third-order valence-corrected chi connectivity index (χ3v) is 4.25. The first-order valence-electron chi connectivity index (χ1n) is 8.58. The van der Waals surface area contributed by atoms with Crippen LogP contribution in [0.3, 0.4) is 0 Å². The van der Waals surface area contributed by atoms with Gasteiger partial charge in [-0.25, -0.2) is 4.98 Å². The molecule has 0 atom stereocenters. The maximum absolute atomic E-state index is 12.2. The number of pyridine rings is 1. The predicted octanol–water partition coefficient (Wildman–Crippen LogP) is 1.48. The molecule has 0 radical (unpaired) electrons. The van der Waals surface area contributed by atoms with Gasteiger partial charge in [0.25, 0.3) is 5.56 Å². The van der Waals surface area contributed by atoms with Crippen molar-refractivity contribution in [3.05, 3.63) is 46.5 Å². The molecule has 6 heteroatoms. The molecule has 2 aromatic heterocycles. The smallest absolute Gasteiger partial charge is 0.258 e. The number of fused-ring (bicyclic) bond motifs is 1. The summed E-state index contributed by atoms with van der Waals surface area (Å²) in [5.74, 6) is 0. The topological polar surface area (TPSA) is 50.1 Å². The minimum absolute atomic E-state index is 0.0361. The lowest BCUT2D eigenvalue weighted by Gasteiger charge is -2.25. The number of methoxy groups -OCH3 is 1. The van der Waals surface area contributed by atoms with Crippen LogP contribution in [0.25, 0.3) is 5.65 Å². The van der Waals surface area contributed by atoms with Crippen LogP contribution in [0.4, 0.5) is 0 Å². The molecule has 0 aliphatic rings. The van der Waals surface area contributed by atoms with Crippen molar-refractivity contribution in [1.82, 2.24) is 19.2 Å². The summed E-state index contributed by atoms with van der Waals surface area (Å²) in [6, 6.07) is 7.23. The van der Waals surface area contributed by atoms with Crippen LogP contribution < -0.4 is 5.56 Å². The van der Waals surface area contributed by atoms with E-state index in [1.54, 1.807) is 23.8 Å². The Bertz CT molecular complexity index is 682. The van der Waals surface area contributed by atoms with Gasteiger partial charge in [0.05, 0.1) is 12.3 Å². The molecule has 0 bridgehead atoms. The minimum atomic E-state index is -0.0361. The van der Waals surface area contributed by atoms with E-state index >= 15 is 0 Å². The van der Waals surface area contributed by atoms with Crippen LogP contribution in [0.15, 0.2) is 35.3 Å². The quantitative estimate of drug-likeness (QED) is 0.660.